The minimum Gasteiger partial charge on any atom is -0.494 e. The molecule has 1 amide bonds. The van der Waals surface area contributed by atoms with Gasteiger partial charge in [0.1, 0.15) is 11.6 Å². The number of rotatable bonds is 3. The predicted molar refractivity (Wildman–Crippen MR) is 72.1 cm³/mol. The molecule has 3 nitrogen and oxygen atoms in total. The van der Waals surface area contributed by atoms with Crippen LogP contribution in [0.5, 0.6) is 5.75 Å². The van der Waals surface area contributed by atoms with Crippen LogP contribution in [-0.2, 0) is 0 Å². The number of nitrogens with one attached hydrogen (secondary N) is 1. The van der Waals surface area contributed by atoms with Gasteiger partial charge in [0.2, 0.25) is 0 Å². The molecule has 0 atom stereocenters. The summed E-state index contributed by atoms with van der Waals surface area (Å²) in [7, 11) is 1.43. The molecule has 2 aromatic rings. The summed E-state index contributed by atoms with van der Waals surface area (Å²) < 4.78 is 18.1. The van der Waals surface area contributed by atoms with E-state index in [0.717, 1.165) is 5.56 Å². The summed E-state index contributed by atoms with van der Waals surface area (Å²) in [5.41, 5.74) is 1.90. The summed E-state index contributed by atoms with van der Waals surface area (Å²) in [6, 6.07) is 11.2. The quantitative estimate of drug-likeness (QED) is 0.917. The average Bonchev–Trinajstić information content (AvgIpc) is 2.41. The van der Waals surface area contributed by atoms with Gasteiger partial charge in [-0.15, -0.1) is 0 Å². The average molecular weight is 259 g/mol. The molecule has 0 bridgehead atoms. The molecule has 0 radical (unpaired) electrons. The summed E-state index contributed by atoms with van der Waals surface area (Å²) in [5.74, 6) is -0.365. The first-order valence-corrected chi connectivity index (χ1v) is 5.82. The van der Waals surface area contributed by atoms with Crippen LogP contribution in [-0.4, -0.2) is 13.0 Å². The van der Waals surface area contributed by atoms with Gasteiger partial charge in [0.25, 0.3) is 5.91 Å². The summed E-state index contributed by atoms with van der Waals surface area (Å²) in [6.45, 7) is 1.86. The van der Waals surface area contributed by atoms with E-state index in [1.54, 1.807) is 12.1 Å². The van der Waals surface area contributed by atoms with E-state index in [4.69, 9.17) is 4.74 Å². The number of anilines is 1. The normalized spacial score (nSPS) is 10.1. The van der Waals surface area contributed by atoms with Gasteiger partial charge in [-0.05, 0) is 30.7 Å². The van der Waals surface area contributed by atoms with Gasteiger partial charge >= 0.3 is 0 Å². The van der Waals surface area contributed by atoms with Crippen LogP contribution in [0.4, 0.5) is 10.1 Å². The first kappa shape index (κ1) is 13.1. The topological polar surface area (TPSA) is 38.3 Å². The number of hydrogen-bond acceptors (Lipinski definition) is 2. The molecule has 2 aromatic carbocycles. The van der Waals surface area contributed by atoms with Crippen molar-refractivity contribution in [3.8, 4) is 5.75 Å². The number of aryl methyl sites for hydroxylation is 1. The number of carbonyl (C=O) groups excluding carboxylic acids is 1. The number of benzene rings is 2. The zero-order valence-corrected chi connectivity index (χ0v) is 10.7. The summed E-state index contributed by atoms with van der Waals surface area (Å²) in [6.07, 6.45) is 0. The number of halogens is 1. The van der Waals surface area contributed by atoms with Crippen molar-refractivity contribution >= 4 is 11.6 Å². The maximum atomic E-state index is 13.1. The van der Waals surface area contributed by atoms with Crippen molar-refractivity contribution in [3.05, 3.63) is 59.4 Å². The monoisotopic (exact) mass is 259 g/mol. The highest BCUT2D eigenvalue weighted by Crippen LogP contribution is 2.25. The largest absolute Gasteiger partial charge is 0.494 e. The maximum Gasteiger partial charge on any atom is 0.256 e. The molecule has 19 heavy (non-hydrogen) atoms. The van der Waals surface area contributed by atoms with Crippen LogP contribution < -0.4 is 10.1 Å². The van der Waals surface area contributed by atoms with Crippen molar-refractivity contribution < 1.29 is 13.9 Å². The van der Waals surface area contributed by atoms with E-state index in [9.17, 15) is 9.18 Å². The number of carbonyl (C=O) groups is 1. The van der Waals surface area contributed by atoms with Gasteiger partial charge in [-0.25, -0.2) is 4.39 Å². The van der Waals surface area contributed by atoms with Gasteiger partial charge < -0.3 is 10.1 Å². The Morgan fingerprint density at radius 2 is 1.95 bits per heavy atom. The number of amides is 1. The molecule has 0 unspecified atom stereocenters. The second-order valence-corrected chi connectivity index (χ2v) is 4.11. The number of ether oxygens (including phenoxy) is 1. The minimum atomic E-state index is -0.411. The Morgan fingerprint density at radius 1 is 1.21 bits per heavy atom. The molecule has 0 fully saturated rings. The van der Waals surface area contributed by atoms with Gasteiger partial charge in [0.05, 0.1) is 12.8 Å². The van der Waals surface area contributed by atoms with Gasteiger partial charge in [-0.3, -0.25) is 4.79 Å². The van der Waals surface area contributed by atoms with Crippen molar-refractivity contribution in [2.24, 2.45) is 0 Å². The predicted octanol–water partition coefficient (Wildman–Crippen LogP) is 3.40. The Kier molecular flexibility index (Phi) is 3.80. The molecule has 0 spiro atoms. The van der Waals surface area contributed by atoms with Crippen molar-refractivity contribution in [3.63, 3.8) is 0 Å². The van der Waals surface area contributed by atoms with Gasteiger partial charge in [0.15, 0.2) is 0 Å². The Hall–Kier alpha value is -2.36. The van der Waals surface area contributed by atoms with Crippen LogP contribution in [0.25, 0.3) is 0 Å². The van der Waals surface area contributed by atoms with Crippen molar-refractivity contribution in [2.45, 2.75) is 6.92 Å². The lowest BCUT2D eigenvalue weighted by Gasteiger charge is -2.11. The highest BCUT2D eigenvalue weighted by atomic mass is 19.1. The smallest absolute Gasteiger partial charge is 0.256 e. The molecular formula is C15H14FNO2. The van der Waals surface area contributed by atoms with E-state index in [1.807, 2.05) is 19.1 Å². The van der Waals surface area contributed by atoms with Crippen LogP contribution >= 0.6 is 0 Å². The lowest BCUT2D eigenvalue weighted by atomic mass is 10.1. The van der Waals surface area contributed by atoms with E-state index < -0.39 is 5.82 Å². The standard InChI is InChI=1S/C15H14FNO2/c1-10-5-3-4-6-12(10)15(18)17-13-8-7-11(16)9-14(13)19-2/h3-9H,1-2H3,(H,17,18). The zero-order valence-electron chi connectivity index (χ0n) is 10.7. The number of hydrogen-bond donors (Lipinski definition) is 1. The fourth-order valence-electron chi connectivity index (χ4n) is 1.79. The van der Waals surface area contributed by atoms with Crippen LogP contribution in [0.1, 0.15) is 15.9 Å². The fourth-order valence-corrected chi connectivity index (χ4v) is 1.79. The Labute approximate surface area is 111 Å². The first-order valence-electron chi connectivity index (χ1n) is 5.82. The Bertz CT molecular complexity index is 611. The Morgan fingerprint density at radius 3 is 2.63 bits per heavy atom. The highest BCUT2D eigenvalue weighted by Gasteiger charge is 2.11. The third kappa shape index (κ3) is 2.91. The molecule has 0 aromatic heterocycles. The molecule has 2 rings (SSSR count). The summed E-state index contributed by atoms with van der Waals surface area (Å²) >= 11 is 0. The lowest BCUT2D eigenvalue weighted by molar-refractivity contribution is 0.102. The SMILES string of the molecule is COc1cc(F)ccc1NC(=O)c1ccccc1C. The molecule has 0 saturated carbocycles. The minimum absolute atomic E-state index is 0.247. The lowest BCUT2D eigenvalue weighted by Crippen LogP contribution is -2.14. The van der Waals surface area contributed by atoms with Crippen LogP contribution in [0.2, 0.25) is 0 Å². The van der Waals surface area contributed by atoms with E-state index in [0.29, 0.717) is 17.0 Å². The molecule has 0 saturated heterocycles. The Balaban J connectivity index is 2.27. The third-order valence-corrected chi connectivity index (χ3v) is 2.80. The molecular weight excluding hydrogens is 245 g/mol. The third-order valence-electron chi connectivity index (χ3n) is 2.80. The molecule has 0 aliphatic rings. The summed E-state index contributed by atoms with van der Waals surface area (Å²) in [4.78, 5) is 12.1. The van der Waals surface area contributed by atoms with Crippen molar-refractivity contribution in [1.29, 1.82) is 0 Å². The number of methoxy groups -OCH3 is 1. The van der Waals surface area contributed by atoms with Gasteiger partial charge in [-0.2, -0.15) is 0 Å². The summed E-state index contributed by atoms with van der Waals surface area (Å²) in [5, 5.41) is 2.72. The van der Waals surface area contributed by atoms with Crippen LogP contribution in [0, 0.1) is 12.7 Å². The first-order chi connectivity index (χ1) is 9.11. The van der Waals surface area contributed by atoms with E-state index >= 15 is 0 Å². The van der Waals surface area contributed by atoms with Crippen LogP contribution in [0.3, 0.4) is 0 Å². The van der Waals surface area contributed by atoms with Crippen LogP contribution in [0.15, 0.2) is 42.5 Å². The van der Waals surface area contributed by atoms with E-state index in [1.165, 1.54) is 25.3 Å². The molecule has 4 heteroatoms. The molecule has 0 aliphatic heterocycles. The van der Waals surface area contributed by atoms with E-state index in [-0.39, 0.29) is 5.91 Å². The highest BCUT2D eigenvalue weighted by molar-refractivity contribution is 6.05. The second kappa shape index (κ2) is 5.52. The molecule has 0 aliphatic carbocycles. The molecule has 0 heterocycles. The van der Waals surface area contributed by atoms with Gasteiger partial charge in [-0.1, -0.05) is 18.2 Å². The van der Waals surface area contributed by atoms with Crippen molar-refractivity contribution in [2.75, 3.05) is 12.4 Å². The van der Waals surface area contributed by atoms with E-state index in [2.05, 4.69) is 5.32 Å². The van der Waals surface area contributed by atoms with Crippen molar-refractivity contribution in [1.82, 2.24) is 0 Å². The molecule has 98 valence electrons. The zero-order chi connectivity index (χ0) is 13.8. The fraction of sp³-hybridized carbons (Fsp3) is 0.133. The second-order valence-electron chi connectivity index (χ2n) is 4.11. The molecule has 1 N–H and O–H groups in total. The van der Waals surface area contributed by atoms with Gasteiger partial charge in [0, 0.05) is 11.6 Å². The maximum absolute atomic E-state index is 13.1.